The fourth-order valence-corrected chi connectivity index (χ4v) is 5.37. The number of carbonyl (C=O) groups is 1. The van der Waals surface area contributed by atoms with E-state index < -0.39 is 9.84 Å². The molecular weight excluding hydrogens is 416 g/mol. The number of aromatic nitrogens is 3. The molecule has 3 aromatic rings. The summed E-state index contributed by atoms with van der Waals surface area (Å²) in [5, 5.41) is 7.54. The van der Waals surface area contributed by atoms with Gasteiger partial charge in [-0.3, -0.25) is 14.5 Å². The minimum atomic E-state index is -3.12. The lowest BCUT2D eigenvalue weighted by atomic mass is 10.1. The molecule has 0 aliphatic carbocycles. The summed E-state index contributed by atoms with van der Waals surface area (Å²) in [5.41, 5.74) is 2.88. The molecule has 1 saturated heterocycles. The Morgan fingerprint density at radius 2 is 1.94 bits per heavy atom. The SMILES string of the molecule is COc1ccc(-c2cc(C(=O)NCCc3ccncc3)n([C@H]3CCS(=O)(=O)C3)n2)cc1. The predicted octanol–water partition coefficient (Wildman–Crippen LogP) is 2.29. The Bertz CT molecular complexity index is 1160. The molecule has 2 aromatic heterocycles. The number of sulfone groups is 1. The molecule has 31 heavy (non-hydrogen) atoms. The topological polar surface area (TPSA) is 103 Å². The van der Waals surface area contributed by atoms with E-state index in [0.29, 0.717) is 30.8 Å². The van der Waals surface area contributed by atoms with Crippen LogP contribution < -0.4 is 10.1 Å². The molecule has 1 atom stereocenters. The van der Waals surface area contributed by atoms with E-state index in [0.717, 1.165) is 16.9 Å². The highest BCUT2D eigenvalue weighted by Crippen LogP contribution is 2.28. The van der Waals surface area contributed by atoms with Gasteiger partial charge in [0.1, 0.15) is 11.4 Å². The molecule has 8 nitrogen and oxygen atoms in total. The number of benzene rings is 1. The van der Waals surface area contributed by atoms with Crippen LogP contribution in [0.3, 0.4) is 0 Å². The molecule has 3 heterocycles. The summed E-state index contributed by atoms with van der Waals surface area (Å²) in [7, 11) is -1.52. The Hall–Kier alpha value is -3.20. The first-order valence-corrected chi connectivity index (χ1v) is 11.9. The molecular formula is C22H24N4O4S. The first-order valence-electron chi connectivity index (χ1n) is 10.1. The van der Waals surface area contributed by atoms with Gasteiger partial charge in [0.25, 0.3) is 5.91 Å². The molecule has 0 saturated carbocycles. The van der Waals surface area contributed by atoms with Crippen molar-refractivity contribution in [2.45, 2.75) is 18.9 Å². The molecule has 1 aliphatic heterocycles. The molecule has 0 spiro atoms. The second-order valence-electron chi connectivity index (χ2n) is 7.51. The van der Waals surface area contributed by atoms with Gasteiger partial charge in [0.15, 0.2) is 9.84 Å². The fourth-order valence-electron chi connectivity index (χ4n) is 3.67. The highest BCUT2D eigenvalue weighted by molar-refractivity contribution is 7.91. The number of methoxy groups -OCH3 is 1. The van der Waals surface area contributed by atoms with Gasteiger partial charge < -0.3 is 10.1 Å². The lowest BCUT2D eigenvalue weighted by molar-refractivity contribution is 0.0941. The van der Waals surface area contributed by atoms with E-state index in [9.17, 15) is 13.2 Å². The predicted molar refractivity (Wildman–Crippen MR) is 117 cm³/mol. The van der Waals surface area contributed by atoms with Crippen molar-refractivity contribution >= 4 is 15.7 Å². The number of hydrogen-bond donors (Lipinski definition) is 1. The third-order valence-electron chi connectivity index (χ3n) is 5.36. The van der Waals surface area contributed by atoms with Crippen molar-refractivity contribution in [1.82, 2.24) is 20.1 Å². The number of hydrogen-bond acceptors (Lipinski definition) is 6. The number of pyridine rings is 1. The third kappa shape index (κ3) is 4.93. The molecule has 0 unspecified atom stereocenters. The quantitative estimate of drug-likeness (QED) is 0.605. The van der Waals surface area contributed by atoms with E-state index in [1.807, 2.05) is 36.4 Å². The summed E-state index contributed by atoms with van der Waals surface area (Å²) >= 11 is 0. The first kappa shape index (κ1) is 21.0. The van der Waals surface area contributed by atoms with Crippen molar-refractivity contribution in [3.05, 3.63) is 66.1 Å². The standard InChI is InChI=1S/C22H24N4O4S/c1-30-19-4-2-17(3-5-19)20-14-21(26(25-20)18-9-13-31(28,29)15-18)22(27)24-12-8-16-6-10-23-11-7-16/h2-7,10-11,14,18H,8-9,12-13,15H2,1H3,(H,24,27)/t18-/m0/s1. The zero-order valence-corrected chi connectivity index (χ0v) is 18.0. The molecule has 1 aliphatic rings. The van der Waals surface area contributed by atoms with Crippen molar-refractivity contribution in [3.63, 3.8) is 0 Å². The Morgan fingerprint density at radius 1 is 1.19 bits per heavy atom. The summed E-state index contributed by atoms with van der Waals surface area (Å²) in [6.07, 6.45) is 4.55. The van der Waals surface area contributed by atoms with Gasteiger partial charge in [-0.1, -0.05) is 0 Å². The number of nitrogens with one attached hydrogen (secondary N) is 1. The van der Waals surface area contributed by atoms with Gasteiger partial charge in [0.05, 0.1) is 30.4 Å². The van der Waals surface area contributed by atoms with Crippen molar-refractivity contribution in [1.29, 1.82) is 0 Å². The van der Waals surface area contributed by atoms with Crippen molar-refractivity contribution < 1.29 is 17.9 Å². The van der Waals surface area contributed by atoms with E-state index in [2.05, 4.69) is 15.4 Å². The van der Waals surface area contributed by atoms with E-state index in [-0.39, 0.29) is 23.5 Å². The van der Waals surface area contributed by atoms with Crippen molar-refractivity contribution in [2.75, 3.05) is 25.2 Å². The van der Waals surface area contributed by atoms with Crippen LogP contribution in [0.15, 0.2) is 54.9 Å². The summed E-state index contributed by atoms with van der Waals surface area (Å²) in [6.45, 7) is 0.453. The maximum atomic E-state index is 13.0. The Labute approximate surface area is 181 Å². The first-order chi connectivity index (χ1) is 14.9. The lowest BCUT2D eigenvalue weighted by Crippen LogP contribution is -2.29. The average molecular weight is 441 g/mol. The van der Waals surface area contributed by atoms with E-state index >= 15 is 0 Å². The summed E-state index contributed by atoms with van der Waals surface area (Å²) in [4.78, 5) is 17.0. The number of rotatable bonds is 7. The van der Waals surface area contributed by atoms with Crippen LogP contribution in [0.1, 0.15) is 28.5 Å². The molecule has 1 fully saturated rings. The van der Waals surface area contributed by atoms with Crippen LogP contribution in [-0.2, 0) is 16.3 Å². The van der Waals surface area contributed by atoms with E-state index in [4.69, 9.17) is 4.74 Å². The normalized spacial score (nSPS) is 17.4. The molecule has 1 N–H and O–H groups in total. The van der Waals surface area contributed by atoms with E-state index in [1.165, 1.54) is 0 Å². The van der Waals surface area contributed by atoms with Gasteiger partial charge in [-0.2, -0.15) is 5.10 Å². The fraction of sp³-hybridized carbons (Fsp3) is 0.318. The molecule has 4 rings (SSSR count). The molecule has 1 aromatic carbocycles. The molecule has 1 amide bonds. The minimum absolute atomic E-state index is 0.00592. The number of carbonyl (C=O) groups excluding carboxylic acids is 1. The number of nitrogens with zero attached hydrogens (tertiary/aromatic N) is 3. The van der Waals surface area contributed by atoms with Crippen LogP contribution in [0.4, 0.5) is 0 Å². The Kier molecular flexibility index (Phi) is 6.03. The van der Waals surface area contributed by atoms with Crippen LogP contribution in [0.25, 0.3) is 11.3 Å². The van der Waals surface area contributed by atoms with Crippen molar-refractivity contribution in [3.8, 4) is 17.0 Å². The average Bonchev–Trinajstić information content (AvgIpc) is 3.38. The highest BCUT2D eigenvalue weighted by atomic mass is 32.2. The third-order valence-corrected chi connectivity index (χ3v) is 7.11. The monoisotopic (exact) mass is 440 g/mol. The largest absolute Gasteiger partial charge is 0.497 e. The van der Waals surface area contributed by atoms with Gasteiger partial charge in [0.2, 0.25) is 0 Å². The van der Waals surface area contributed by atoms with Crippen LogP contribution in [-0.4, -0.2) is 54.2 Å². The second kappa shape index (κ2) is 8.89. The van der Waals surface area contributed by atoms with Crippen LogP contribution >= 0.6 is 0 Å². The minimum Gasteiger partial charge on any atom is -0.497 e. The van der Waals surface area contributed by atoms with Crippen LogP contribution in [0, 0.1) is 0 Å². The second-order valence-corrected chi connectivity index (χ2v) is 9.73. The molecule has 162 valence electrons. The van der Waals surface area contributed by atoms with Crippen molar-refractivity contribution in [2.24, 2.45) is 0 Å². The maximum absolute atomic E-state index is 13.0. The van der Waals surface area contributed by atoms with Gasteiger partial charge >= 0.3 is 0 Å². The lowest BCUT2D eigenvalue weighted by Gasteiger charge is -2.13. The van der Waals surface area contributed by atoms with Gasteiger partial charge in [-0.25, -0.2) is 8.42 Å². The molecule has 0 bridgehead atoms. The van der Waals surface area contributed by atoms with Crippen LogP contribution in [0.5, 0.6) is 5.75 Å². The van der Waals surface area contributed by atoms with Crippen LogP contribution in [0.2, 0.25) is 0 Å². The summed E-state index contributed by atoms with van der Waals surface area (Å²) in [6, 6.07) is 12.5. The molecule has 0 radical (unpaired) electrons. The number of amides is 1. The maximum Gasteiger partial charge on any atom is 0.269 e. The molecule has 9 heteroatoms. The summed E-state index contributed by atoms with van der Waals surface area (Å²) in [5.74, 6) is 0.553. The summed E-state index contributed by atoms with van der Waals surface area (Å²) < 4.78 is 30.8. The van der Waals surface area contributed by atoms with Gasteiger partial charge in [0, 0.05) is 24.5 Å². The number of ether oxygens (including phenoxy) is 1. The van der Waals surface area contributed by atoms with Gasteiger partial charge in [-0.15, -0.1) is 0 Å². The van der Waals surface area contributed by atoms with E-state index in [1.54, 1.807) is 30.3 Å². The highest BCUT2D eigenvalue weighted by Gasteiger charge is 2.32. The zero-order chi connectivity index (χ0) is 21.8. The Morgan fingerprint density at radius 3 is 2.58 bits per heavy atom. The Balaban J connectivity index is 1.57. The smallest absolute Gasteiger partial charge is 0.269 e. The van der Waals surface area contributed by atoms with Gasteiger partial charge in [-0.05, 0) is 60.9 Å². The zero-order valence-electron chi connectivity index (χ0n) is 17.2.